The maximum atomic E-state index is 5.57. The molecule has 0 amide bonds. The molecule has 0 aromatic heterocycles. The zero-order chi connectivity index (χ0) is 8.60. The van der Waals surface area contributed by atoms with Gasteiger partial charge in [-0.3, -0.25) is 0 Å². The maximum Gasteiger partial charge on any atom is 0.0342 e. The van der Waals surface area contributed by atoms with E-state index in [9.17, 15) is 0 Å². The monoisotopic (exact) mass is 163 g/mol. The highest BCUT2D eigenvalue weighted by Gasteiger charge is 2.47. The summed E-state index contributed by atoms with van der Waals surface area (Å²) in [5.74, 6) is 3.85. The van der Waals surface area contributed by atoms with E-state index in [0.717, 1.165) is 5.92 Å². The summed E-state index contributed by atoms with van der Waals surface area (Å²) >= 11 is 0. The van der Waals surface area contributed by atoms with E-state index in [1.807, 2.05) is 0 Å². The Bertz CT molecular complexity index is 202. The Hall–Kier alpha value is -0.480. The first-order chi connectivity index (χ1) is 5.77. The highest BCUT2D eigenvalue weighted by atomic mass is 15.1. The fourth-order valence-electron chi connectivity index (χ4n) is 2.37. The average molecular weight is 163 g/mol. The van der Waals surface area contributed by atoms with Crippen molar-refractivity contribution in [2.45, 2.75) is 25.7 Å². The van der Waals surface area contributed by atoms with Gasteiger partial charge in [-0.05, 0) is 51.7 Å². The summed E-state index contributed by atoms with van der Waals surface area (Å²) in [4.78, 5) is 2.41. The molecule has 0 unspecified atom stereocenters. The van der Waals surface area contributed by atoms with Gasteiger partial charge in [-0.15, -0.1) is 6.42 Å². The molecule has 0 atom stereocenters. The Morgan fingerprint density at radius 1 is 1.33 bits per heavy atom. The minimum atomic E-state index is 0.348. The molecule has 0 aromatic rings. The topological polar surface area (TPSA) is 3.24 Å². The lowest BCUT2D eigenvalue weighted by Crippen LogP contribution is -2.33. The summed E-state index contributed by atoms with van der Waals surface area (Å²) in [5.41, 5.74) is 0.348. The van der Waals surface area contributed by atoms with Crippen LogP contribution in [0.15, 0.2) is 0 Å². The molecule has 1 aliphatic carbocycles. The molecule has 1 heteroatoms. The van der Waals surface area contributed by atoms with Crippen molar-refractivity contribution in [1.82, 2.24) is 4.90 Å². The summed E-state index contributed by atoms with van der Waals surface area (Å²) in [6.45, 7) is 2.49. The van der Waals surface area contributed by atoms with Gasteiger partial charge in [0.15, 0.2) is 0 Å². The van der Waals surface area contributed by atoms with Gasteiger partial charge in [-0.1, -0.05) is 5.92 Å². The van der Waals surface area contributed by atoms with Crippen LogP contribution in [0.4, 0.5) is 0 Å². The van der Waals surface area contributed by atoms with Gasteiger partial charge in [0.25, 0.3) is 0 Å². The smallest absolute Gasteiger partial charge is 0.0342 e. The molecule has 66 valence electrons. The van der Waals surface area contributed by atoms with Crippen molar-refractivity contribution in [1.29, 1.82) is 0 Å². The van der Waals surface area contributed by atoms with E-state index in [0.29, 0.717) is 5.41 Å². The van der Waals surface area contributed by atoms with Gasteiger partial charge in [0.05, 0.1) is 0 Å². The van der Waals surface area contributed by atoms with Crippen LogP contribution in [0.25, 0.3) is 0 Å². The maximum absolute atomic E-state index is 5.57. The molecule has 2 aliphatic rings. The Labute approximate surface area is 75.1 Å². The first-order valence-corrected chi connectivity index (χ1v) is 4.93. The molecule has 1 saturated carbocycles. The molecule has 1 aliphatic heterocycles. The van der Waals surface area contributed by atoms with Crippen LogP contribution in [0.5, 0.6) is 0 Å². The molecule has 0 spiro atoms. The van der Waals surface area contributed by atoms with Crippen LogP contribution in [0, 0.1) is 23.7 Å². The molecule has 0 N–H and O–H groups in total. The lowest BCUT2D eigenvalue weighted by molar-refractivity contribution is 0.183. The van der Waals surface area contributed by atoms with Gasteiger partial charge in [0, 0.05) is 5.41 Å². The molecule has 1 nitrogen and oxygen atoms in total. The van der Waals surface area contributed by atoms with Gasteiger partial charge in [-0.25, -0.2) is 0 Å². The zero-order valence-electron chi connectivity index (χ0n) is 7.84. The molecular weight excluding hydrogens is 146 g/mol. The summed E-state index contributed by atoms with van der Waals surface area (Å²) in [5, 5.41) is 0. The highest BCUT2D eigenvalue weighted by Crippen LogP contribution is 2.54. The van der Waals surface area contributed by atoms with Gasteiger partial charge < -0.3 is 4.90 Å². The minimum Gasteiger partial charge on any atom is -0.306 e. The lowest BCUT2D eigenvalue weighted by Gasteiger charge is -2.32. The van der Waals surface area contributed by atoms with Gasteiger partial charge >= 0.3 is 0 Å². The van der Waals surface area contributed by atoms with E-state index in [2.05, 4.69) is 17.9 Å². The predicted octanol–water partition coefficient (Wildman–Crippen LogP) is 1.74. The standard InChI is InChI=1S/C11H17N/c1-3-11(6-7-11)10-4-8-12(2)9-5-10/h1,10H,4-9H2,2H3. The van der Waals surface area contributed by atoms with E-state index in [4.69, 9.17) is 6.42 Å². The fourth-order valence-corrected chi connectivity index (χ4v) is 2.37. The molecular formula is C11H17N. The summed E-state index contributed by atoms with van der Waals surface area (Å²) in [6.07, 6.45) is 10.8. The third-order valence-corrected chi connectivity index (χ3v) is 3.58. The van der Waals surface area contributed by atoms with Crippen molar-refractivity contribution in [3.05, 3.63) is 0 Å². The van der Waals surface area contributed by atoms with Crippen molar-refractivity contribution in [3.8, 4) is 12.3 Å². The second-order valence-corrected chi connectivity index (χ2v) is 4.38. The summed E-state index contributed by atoms with van der Waals surface area (Å²) in [6, 6.07) is 0. The molecule has 0 bridgehead atoms. The first kappa shape index (κ1) is 8.13. The zero-order valence-corrected chi connectivity index (χ0v) is 7.84. The van der Waals surface area contributed by atoms with Crippen molar-refractivity contribution in [2.75, 3.05) is 20.1 Å². The average Bonchev–Trinajstić information content (AvgIpc) is 2.86. The normalized spacial score (nSPS) is 29.7. The number of hydrogen-bond donors (Lipinski definition) is 0. The van der Waals surface area contributed by atoms with Gasteiger partial charge in [0.1, 0.15) is 0 Å². The van der Waals surface area contributed by atoms with Crippen molar-refractivity contribution < 1.29 is 0 Å². The third-order valence-electron chi connectivity index (χ3n) is 3.58. The van der Waals surface area contributed by atoms with E-state index in [-0.39, 0.29) is 0 Å². The molecule has 2 rings (SSSR count). The van der Waals surface area contributed by atoms with Gasteiger partial charge in [-0.2, -0.15) is 0 Å². The lowest BCUT2D eigenvalue weighted by atomic mass is 9.82. The number of piperidine rings is 1. The molecule has 12 heavy (non-hydrogen) atoms. The van der Waals surface area contributed by atoms with Crippen LogP contribution >= 0.6 is 0 Å². The fraction of sp³-hybridized carbons (Fsp3) is 0.818. The first-order valence-electron chi connectivity index (χ1n) is 4.93. The van der Waals surface area contributed by atoms with Crippen molar-refractivity contribution in [2.24, 2.45) is 11.3 Å². The van der Waals surface area contributed by atoms with E-state index in [1.54, 1.807) is 0 Å². The second-order valence-electron chi connectivity index (χ2n) is 4.38. The Balaban J connectivity index is 1.95. The number of terminal acetylenes is 1. The van der Waals surface area contributed by atoms with Crippen molar-refractivity contribution in [3.63, 3.8) is 0 Å². The molecule has 2 fully saturated rings. The van der Waals surface area contributed by atoms with E-state index >= 15 is 0 Å². The Kier molecular flexibility index (Phi) is 1.88. The Morgan fingerprint density at radius 3 is 2.33 bits per heavy atom. The minimum absolute atomic E-state index is 0.348. The van der Waals surface area contributed by atoms with Crippen LogP contribution in [-0.4, -0.2) is 25.0 Å². The highest BCUT2D eigenvalue weighted by molar-refractivity contribution is 5.18. The molecule has 1 heterocycles. The van der Waals surface area contributed by atoms with Crippen LogP contribution in [0.3, 0.4) is 0 Å². The number of rotatable bonds is 1. The third kappa shape index (κ3) is 1.25. The van der Waals surface area contributed by atoms with Crippen LogP contribution in [0.2, 0.25) is 0 Å². The van der Waals surface area contributed by atoms with Crippen LogP contribution in [-0.2, 0) is 0 Å². The van der Waals surface area contributed by atoms with E-state index in [1.165, 1.54) is 38.8 Å². The number of likely N-dealkylation sites (tertiary alicyclic amines) is 1. The molecule has 0 radical (unpaired) electrons. The largest absolute Gasteiger partial charge is 0.306 e. The summed E-state index contributed by atoms with van der Waals surface area (Å²) < 4.78 is 0. The quantitative estimate of drug-likeness (QED) is 0.532. The van der Waals surface area contributed by atoms with Crippen LogP contribution < -0.4 is 0 Å². The predicted molar refractivity (Wildman–Crippen MR) is 50.7 cm³/mol. The SMILES string of the molecule is C#CC1(C2CCN(C)CC2)CC1. The number of nitrogens with zero attached hydrogens (tertiary/aromatic N) is 1. The Morgan fingerprint density at radius 2 is 1.92 bits per heavy atom. The molecule has 1 saturated heterocycles. The molecule has 0 aromatic carbocycles. The second kappa shape index (κ2) is 2.78. The van der Waals surface area contributed by atoms with Gasteiger partial charge in [0.2, 0.25) is 0 Å². The summed E-state index contributed by atoms with van der Waals surface area (Å²) in [7, 11) is 2.20. The van der Waals surface area contributed by atoms with E-state index < -0.39 is 0 Å². The number of hydrogen-bond acceptors (Lipinski definition) is 1. The van der Waals surface area contributed by atoms with Crippen molar-refractivity contribution >= 4 is 0 Å². The van der Waals surface area contributed by atoms with Crippen LogP contribution in [0.1, 0.15) is 25.7 Å².